The Morgan fingerprint density at radius 1 is 1.00 bits per heavy atom. The molecule has 0 saturated carbocycles. The average molecular weight is 332 g/mol. The van der Waals surface area contributed by atoms with Crippen molar-refractivity contribution in [1.29, 1.82) is 0 Å². The molecule has 1 aromatic heterocycles. The van der Waals surface area contributed by atoms with Gasteiger partial charge in [-0.25, -0.2) is 4.39 Å². The first kappa shape index (κ1) is 13.2. The standard InChI is InChI=1S/C16H11BrFNO/c17-13-8-2-6-11(14(13)18)16(20)12-7-1-4-10-5-3-9-19-15(10)12/h1-9,16,20H. The van der Waals surface area contributed by atoms with Crippen LogP contribution in [0.1, 0.15) is 17.2 Å². The van der Waals surface area contributed by atoms with Crippen molar-refractivity contribution in [1.82, 2.24) is 4.98 Å². The van der Waals surface area contributed by atoms with E-state index >= 15 is 0 Å². The highest BCUT2D eigenvalue weighted by molar-refractivity contribution is 9.10. The second-order valence-corrected chi connectivity index (χ2v) is 5.32. The lowest BCUT2D eigenvalue weighted by molar-refractivity contribution is 0.216. The quantitative estimate of drug-likeness (QED) is 0.762. The smallest absolute Gasteiger partial charge is 0.143 e. The number of aliphatic hydroxyl groups excluding tert-OH is 1. The van der Waals surface area contributed by atoms with Gasteiger partial charge in [0.05, 0.1) is 9.99 Å². The molecule has 1 N–H and O–H groups in total. The first-order valence-electron chi connectivity index (χ1n) is 6.14. The van der Waals surface area contributed by atoms with Crippen LogP contribution in [0.25, 0.3) is 10.9 Å². The van der Waals surface area contributed by atoms with Gasteiger partial charge in [0.25, 0.3) is 0 Å². The van der Waals surface area contributed by atoms with Gasteiger partial charge in [0.2, 0.25) is 0 Å². The third-order valence-electron chi connectivity index (χ3n) is 3.23. The maximum atomic E-state index is 14.1. The molecule has 0 radical (unpaired) electrons. The summed E-state index contributed by atoms with van der Waals surface area (Å²) in [7, 11) is 0. The highest BCUT2D eigenvalue weighted by atomic mass is 79.9. The predicted molar refractivity (Wildman–Crippen MR) is 79.9 cm³/mol. The molecule has 100 valence electrons. The fourth-order valence-electron chi connectivity index (χ4n) is 2.25. The molecule has 4 heteroatoms. The van der Waals surface area contributed by atoms with E-state index in [-0.39, 0.29) is 5.56 Å². The Morgan fingerprint density at radius 3 is 2.55 bits per heavy atom. The Kier molecular flexibility index (Phi) is 3.51. The number of nitrogens with zero attached hydrogens (tertiary/aromatic N) is 1. The topological polar surface area (TPSA) is 33.1 Å². The predicted octanol–water partition coefficient (Wildman–Crippen LogP) is 4.22. The van der Waals surface area contributed by atoms with Crippen LogP contribution in [0.3, 0.4) is 0 Å². The van der Waals surface area contributed by atoms with Crippen LogP contribution in [0, 0.1) is 5.82 Å². The first-order valence-corrected chi connectivity index (χ1v) is 6.93. The second-order valence-electron chi connectivity index (χ2n) is 4.47. The van der Waals surface area contributed by atoms with E-state index in [1.807, 2.05) is 24.3 Å². The van der Waals surface area contributed by atoms with Crippen LogP contribution < -0.4 is 0 Å². The summed E-state index contributed by atoms with van der Waals surface area (Å²) in [4.78, 5) is 4.29. The van der Waals surface area contributed by atoms with Crippen LogP contribution in [-0.2, 0) is 0 Å². The molecule has 3 aromatic rings. The Hall–Kier alpha value is -1.78. The van der Waals surface area contributed by atoms with Crippen molar-refractivity contribution in [2.75, 3.05) is 0 Å². The van der Waals surface area contributed by atoms with Crippen LogP contribution in [0.15, 0.2) is 59.2 Å². The van der Waals surface area contributed by atoms with E-state index in [1.165, 1.54) is 0 Å². The zero-order chi connectivity index (χ0) is 14.1. The normalized spacial score (nSPS) is 12.6. The third kappa shape index (κ3) is 2.21. The van der Waals surface area contributed by atoms with E-state index in [2.05, 4.69) is 20.9 Å². The molecule has 0 amide bonds. The molecular formula is C16H11BrFNO. The summed E-state index contributed by atoms with van der Waals surface area (Å²) in [6.45, 7) is 0. The molecule has 0 aliphatic rings. The summed E-state index contributed by atoms with van der Waals surface area (Å²) in [5, 5.41) is 11.4. The zero-order valence-corrected chi connectivity index (χ0v) is 12.0. The Bertz CT molecular complexity index is 770. The number of halogens is 2. The van der Waals surface area contributed by atoms with E-state index in [0.717, 1.165) is 5.39 Å². The Morgan fingerprint density at radius 2 is 1.70 bits per heavy atom. The average Bonchev–Trinajstić information content (AvgIpc) is 2.49. The van der Waals surface area contributed by atoms with Gasteiger partial charge in [-0.2, -0.15) is 0 Å². The summed E-state index contributed by atoms with van der Waals surface area (Å²) >= 11 is 3.13. The fourth-order valence-corrected chi connectivity index (χ4v) is 2.63. The molecule has 0 spiro atoms. The summed E-state index contributed by atoms with van der Waals surface area (Å²) in [5.74, 6) is -0.451. The lowest BCUT2D eigenvalue weighted by Crippen LogP contribution is -2.04. The molecule has 1 unspecified atom stereocenters. The molecule has 2 nitrogen and oxygen atoms in total. The molecular weight excluding hydrogens is 321 g/mol. The van der Waals surface area contributed by atoms with Crippen molar-refractivity contribution in [3.63, 3.8) is 0 Å². The van der Waals surface area contributed by atoms with Gasteiger partial charge < -0.3 is 5.11 Å². The minimum Gasteiger partial charge on any atom is -0.383 e. The number of benzene rings is 2. The van der Waals surface area contributed by atoms with Crippen molar-refractivity contribution < 1.29 is 9.50 Å². The van der Waals surface area contributed by atoms with Crippen LogP contribution in [-0.4, -0.2) is 10.1 Å². The monoisotopic (exact) mass is 331 g/mol. The molecule has 2 aromatic carbocycles. The number of hydrogen-bond acceptors (Lipinski definition) is 2. The molecule has 0 aliphatic heterocycles. The lowest BCUT2D eigenvalue weighted by Gasteiger charge is -2.14. The number of fused-ring (bicyclic) bond motifs is 1. The Labute approximate surface area is 124 Å². The van der Waals surface area contributed by atoms with Crippen LogP contribution >= 0.6 is 15.9 Å². The summed E-state index contributed by atoms with van der Waals surface area (Å²) in [6, 6.07) is 14.1. The van der Waals surface area contributed by atoms with Gasteiger partial charge in [0.15, 0.2) is 0 Å². The van der Waals surface area contributed by atoms with Crippen molar-refractivity contribution in [2.45, 2.75) is 6.10 Å². The number of aliphatic hydroxyl groups is 1. The van der Waals surface area contributed by atoms with Crippen molar-refractivity contribution in [3.05, 3.63) is 76.1 Å². The second kappa shape index (κ2) is 5.31. The van der Waals surface area contributed by atoms with Gasteiger partial charge in [0.1, 0.15) is 11.9 Å². The SMILES string of the molecule is OC(c1cccc(Br)c1F)c1cccc2cccnc12. The number of rotatable bonds is 2. The Balaban J connectivity index is 2.18. The maximum Gasteiger partial charge on any atom is 0.143 e. The highest BCUT2D eigenvalue weighted by Crippen LogP contribution is 2.31. The van der Waals surface area contributed by atoms with E-state index in [0.29, 0.717) is 15.6 Å². The van der Waals surface area contributed by atoms with Crippen LogP contribution in [0.4, 0.5) is 4.39 Å². The van der Waals surface area contributed by atoms with Gasteiger partial charge >= 0.3 is 0 Å². The van der Waals surface area contributed by atoms with E-state index < -0.39 is 11.9 Å². The first-order chi connectivity index (χ1) is 9.68. The van der Waals surface area contributed by atoms with Crippen LogP contribution in [0.5, 0.6) is 0 Å². The summed E-state index contributed by atoms with van der Waals surface area (Å²) in [5.41, 5.74) is 1.51. The van der Waals surface area contributed by atoms with Crippen molar-refractivity contribution in [2.24, 2.45) is 0 Å². The van der Waals surface area contributed by atoms with Gasteiger partial charge in [-0.15, -0.1) is 0 Å². The number of hydrogen-bond donors (Lipinski definition) is 1. The van der Waals surface area contributed by atoms with E-state index in [1.54, 1.807) is 30.5 Å². The number of aromatic nitrogens is 1. The summed E-state index contributed by atoms with van der Waals surface area (Å²) < 4.78 is 14.4. The van der Waals surface area contributed by atoms with Gasteiger partial charge in [-0.1, -0.05) is 36.4 Å². The number of pyridine rings is 1. The zero-order valence-electron chi connectivity index (χ0n) is 10.4. The molecule has 0 fully saturated rings. The largest absolute Gasteiger partial charge is 0.383 e. The maximum absolute atomic E-state index is 14.1. The van der Waals surface area contributed by atoms with Gasteiger partial charge in [-0.3, -0.25) is 4.98 Å². The third-order valence-corrected chi connectivity index (χ3v) is 3.85. The minimum absolute atomic E-state index is 0.234. The molecule has 0 bridgehead atoms. The molecule has 1 atom stereocenters. The molecule has 3 rings (SSSR count). The number of para-hydroxylation sites is 1. The lowest BCUT2D eigenvalue weighted by atomic mass is 9.98. The molecule has 1 heterocycles. The minimum atomic E-state index is -1.05. The molecule has 20 heavy (non-hydrogen) atoms. The fraction of sp³-hybridized carbons (Fsp3) is 0.0625. The molecule has 0 aliphatic carbocycles. The van der Waals surface area contributed by atoms with Crippen molar-refractivity contribution >= 4 is 26.8 Å². The van der Waals surface area contributed by atoms with Gasteiger partial charge in [0, 0.05) is 22.7 Å². The van der Waals surface area contributed by atoms with Crippen LogP contribution in [0.2, 0.25) is 0 Å². The van der Waals surface area contributed by atoms with Crippen molar-refractivity contribution in [3.8, 4) is 0 Å². The van der Waals surface area contributed by atoms with E-state index in [9.17, 15) is 9.50 Å². The summed E-state index contributed by atoms with van der Waals surface area (Å²) in [6.07, 6.45) is 0.613. The highest BCUT2D eigenvalue weighted by Gasteiger charge is 2.19. The molecule has 0 saturated heterocycles. The van der Waals surface area contributed by atoms with E-state index in [4.69, 9.17) is 0 Å². The van der Waals surface area contributed by atoms with Gasteiger partial charge in [-0.05, 0) is 28.1 Å².